The van der Waals surface area contributed by atoms with Crippen LogP contribution in [0.3, 0.4) is 0 Å². The van der Waals surface area contributed by atoms with Crippen LogP contribution >= 0.6 is 0 Å². The van der Waals surface area contributed by atoms with Crippen LogP contribution in [0.2, 0.25) is 0 Å². The number of amides is 1. The number of aromatic nitrogens is 4. The number of hydrogen-bond donors (Lipinski definition) is 1. The summed E-state index contributed by atoms with van der Waals surface area (Å²) in [4.78, 5) is 16.9. The van der Waals surface area contributed by atoms with Crippen LogP contribution in [0.5, 0.6) is 0 Å². The average molecular weight is 393 g/mol. The van der Waals surface area contributed by atoms with Crippen molar-refractivity contribution in [2.24, 2.45) is 0 Å². The Hall–Kier alpha value is -4.19. The van der Waals surface area contributed by atoms with E-state index in [4.69, 9.17) is 0 Å². The molecule has 0 aliphatic rings. The Morgan fingerprint density at radius 2 is 1.63 bits per heavy atom. The van der Waals surface area contributed by atoms with Crippen molar-refractivity contribution in [2.75, 3.05) is 5.32 Å². The van der Waals surface area contributed by atoms with Gasteiger partial charge in [-0.3, -0.25) is 9.36 Å². The molecule has 1 amide bonds. The fourth-order valence-corrected chi connectivity index (χ4v) is 3.43. The molecule has 0 bridgehead atoms. The molecular weight excluding hydrogens is 374 g/mol. The lowest BCUT2D eigenvalue weighted by Gasteiger charge is -2.07. The first-order valence-electron chi connectivity index (χ1n) is 9.68. The molecule has 6 heteroatoms. The van der Waals surface area contributed by atoms with Gasteiger partial charge in [-0.25, -0.2) is 9.67 Å². The number of carbonyl (C=O) groups excluding carboxylic acids is 1. The number of anilines is 1. The number of rotatable bonds is 5. The second kappa shape index (κ2) is 7.67. The number of imidazole rings is 1. The van der Waals surface area contributed by atoms with Crippen LogP contribution in [-0.2, 0) is 11.2 Å². The first-order valence-corrected chi connectivity index (χ1v) is 9.68. The van der Waals surface area contributed by atoms with E-state index in [2.05, 4.69) is 15.4 Å². The molecule has 146 valence electrons. The highest BCUT2D eigenvalue weighted by atomic mass is 16.1. The van der Waals surface area contributed by atoms with E-state index < -0.39 is 0 Å². The highest BCUT2D eigenvalue weighted by molar-refractivity contribution is 5.92. The largest absolute Gasteiger partial charge is 0.326 e. The van der Waals surface area contributed by atoms with Gasteiger partial charge in [-0.05, 0) is 54.1 Å². The number of nitrogens with zero attached hydrogens (tertiary/aromatic N) is 4. The molecule has 1 N–H and O–H groups in total. The minimum atomic E-state index is -0.0801. The van der Waals surface area contributed by atoms with Gasteiger partial charge in [-0.15, -0.1) is 0 Å². The van der Waals surface area contributed by atoms with Crippen molar-refractivity contribution in [2.45, 2.75) is 6.42 Å². The molecule has 5 rings (SSSR count). The Bertz CT molecular complexity index is 1300. The first-order chi connectivity index (χ1) is 14.8. The highest BCUT2D eigenvalue weighted by Crippen LogP contribution is 2.19. The fourth-order valence-electron chi connectivity index (χ4n) is 3.43. The van der Waals surface area contributed by atoms with E-state index in [0.717, 1.165) is 33.7 Å². The summed E-state index contributed by atoms with van der Waals surface area (Å²) in [5.74, 6) is -0.0801. The van der Waals surface area contributed by atoms with Crippen molar-refractivity contribution >= 4 is 22.6 Å². The molecule has 0 atom stereocenters. The molecule has 2 heterocycles. The number of benzene rings is 3. The van der Waals surface area contributed by atoms with Crippen molar-refractivity contribution < 1.29 is 4.79 Å². The number of hydrogen-bond acceptors (Lipinski definition) is 3. The van der Waals surface area contributed by atoms with Crippen LogP contribution in [-0.4, -0.2) is 25.2 Å². The van der Waals surface area contributed by atoms with Crippen LogP contribution < -0.4 is 5.32 Å². The molecule has 0 aliphatic heterocycles. The lowest BCUT2D eigenvalue weighted by Crippen LogP contribution is -2.14. The molecule has 0 radical (unpaired) electrons. The topological polar surface area (TPSA) is 64.7 Å². The van der Waals surface area contributed by atoms with Crippen LogP contribution in [0.4, 0.5) is 5.69 Å². The molecule has 0 spiro atoms. The highest BCUT2D eigenvalue weighted by Gasteiger charge is 2.08. The zero-order valence-corrected chi connectivity index (χ0v) is 16.1. The fraction of sp³-hybridized carbons (Fsp3) is 0.0417. The van der Waals surface area contributed by atoms with Crippen molar-refractivity contribution in [1.82, 2.24) is 19.3 Å². The van der Waals surface area contributed by atoms with Crippen molar-refractivity contribution in [1.29, 1.82) is 0 Å². The second-order valence-electron chi connectivity index (χ2n) is 7.00. The Morgan fingerprint density at radius 3 is 2.47 bits per heavy atom. The van der Waals surface area contributed by atoms with Crippen LogP contribution in [0, 0.1) is 0 Å². The third kappa shape index (κ3) is 3.58. The smallest absolute Gasteiger partial charge is 0.228 e. The predicted octanol–water partition coefficient (Wildman–Crippen LogP) is 4.39. The summed E-state index contributed by atoms with van der Waals surface area (Å²) in [5.41, 5.74) is 5.56. The normalized spacial score (nSPS) is 10.9. The number of para-hydroxylation sites is 3. The van der Waals surface area contributed by atoms with Gasteiger partial charge in [-0.2, -0.15) is 5.10 Å². The van der Waals surface area contributed by atoms with Crippen molar-refractivity contribution in [3.63, 3.8) is 0 Å². The summed E-state index contributed by atoms with van der Waals surface area (Å²) in [7, 11) is 0. The van der Waals surface area contributed by atoms with Gasteiger partial charge in [0.05, 0.1) is 29.3 Å². The number of nitrogens with one attached hydrogen (secondary N) is 1. The van der Waals surface area contributed by atoms with E-state index in [-0.39, 0.29) is 12.3 Å². The monoisotopic (exact) mass is 393 g/mol. The van der Waals surface area contributed by atoms with Gasteiger partial charge in [0, 0.05) is 17.6 Å². The summed E-state index contributed by atoms with van der Waals surface area (Å²) in [6.45, 7) is 0. The molecule has 0 aliphatic carbocycles. The van der Waals surface area contributed by atoms with Gasteiger partial charge in [-0.1, -0.05) is 30.3 Å². The summed E-state index contributed by atoms with van der Waals surface area (Å²) < 4.78 is 3.80. The Kier molecular flexibility index (Phi) is 4.57. The van der Waals surface area contributed by atoms with Gasteiger partial charge in [0.1, 0.15) is 6.33 Å². The SMILES string of the molecule is O=C(Cc1cnn(-c2ccccc2)c1)Nc1ccc(-n2cnc3ccccc32)cc1. The van der Waals surface area contributed by atoms with E-state index in [1.165, 1.54) is 0 Å². The Morgan fingerprint density at radius 1 is 0.867 bits per heavy atom. The Labute approximate surface area is 173 Å². The third-order valence-electron chi connectivity index (χ3n) is 4.90. The third-order valence-corrected chi connectivity index (χ3v) is 4.90. The minimum absolute atomic E-state index is 0.0801. The van der Waals surface area contributed by atoms with Gasteiger partial charge < -0.3 is 5.32 Å². The zero-order chi connectivity index (χ0) is 20.3. The quantitative estimate of drug-likeness (QED) is 0.482. The maximum atomic E-state index is 12.5. The molecule has 5 aromatic rings. The van der Waals surface area contributed by atoms with Gasteiger partial charge in [0.2, 0.25) is 5.91 Å². The number of carbonyl (C=O) groups is 1. The number of fused-ring (bicyclic) bond motifs is 1. The molecule has 2 aromatic heterocycles. The van der Waals surface area contributed by atoms with Crippen molar-refractivity contribution in [3.8, 4) is 11.4 Å². The minimum Gasteiger partial charge on any atom is -0.326 e. The van der Waals surface area contributed by atoms with Gasteiger partial charge >= 0.3 is 0 Å². The van der Waals surface area contributed by atoms with E-state index in [1.54, 1.807) is 10.9 Å². The zero-order valence-electron chi connectivity index (χ0n) is 16.1. The van der Waals surface area contributed by atoms with Crippen LogP contribution in [0.1, 0.15) is 5.56 Å². The second-order valence-corrected chi connectivity index (χ2v) is 7.00. The van der Waals surface area contributed by atoms with E-state index in [9.17, 15) is 4.79 Å². The van der Waals surface area contributed by atoms with Gasteiger partial charge in [0.15, 0.2) is 0 Å². The first kappa shape index (κ1) is 17.9. The summed E-state index contributed by atoms with van der Waals surface area (Å²) in [5, 5.41) is 7.29. The molecule has 6 nitrogen and oxygen atoms in total. The standard InChI is InChI=1S/C24H19N5O/c30-24(14-18-15-26-29(16-18)21-6-2-1-3-7-21)27-19-10-12-20(13-11-19)28-17-25-22-8-4-5-9-23(22)28/h1-13,15-17H,14H2,(H,27,30). The molecule has 0 fully saturated rings. The molecular formula is C24H19N5O. The molecule has 0 saturated heterocycles. The molecule has 30 heavy (non-hydrogen) atoms. The Balaban J connectivity index is 1.26. The van der Waals surface area contributed by atoms with Crippen LogP contribution in [0.15, 0.2) is 97.6 Å². The summed E-state index contributed by atoms with van der Waals surface area (Å²) >= 11 is 0. The maximum Gasteiger partial charge on any atom is 0.228 e. The lowest BCUT2D eigenvalue weighted by atomic mass is 10.2. The lowest BCUT2D eigenvalue weighted by molar-refractivity contribution is -0.115. The van der Waals surface area contributed by atoms with E-state index in [1.807, 2.05) is 96.0 Å². The van der Waals surface area contributed by atoms with Crippen LogP contribution in [0.25, 0.3) is 22.4 Å². The molecule has 0 saturated carbocycles. The summed E-state index contributed by atoms with van der Waals surface area (Å²) in [6.07, 6.45) is 5.67. The average Bonchev–Trinajstić information content (AvgIpc) is 3.42. The van der Waals surface area contributed by atoms with Crippen molar-refractivity contribution in [3.05, 3.63) is 103 Å². The predicted molar refractivity (Wildman–Crippen MR) is 117 cm³/mol. The summed E-state index contributed by atoms with van der Waals surface area (Å²) in [6, 6.07) is 25.6. The maximum absolute atomic E-state index is 12.5. The molecule has 0 unspecified atom stereocenters. The molecule has 3 aromatic carbocycles. The van der Waals surface area contributed by atoms with Gasteiger partial charge in [0.25, 0.3) is 0 Å². The van der Waals surface area contributed by atoms with E-state index in [0.29, 0.717) is 0 Å². The van der Waals surface area contributed by atoms with E-state index >= 15 is 0 Å².